The van der Waals surface area contributed by atoms with E-state index in [1.54, 1.807) is 0 Å². The molecule has 0 aliphatic heterocycles. The summed E-state index contributed by atoms with van der Waals surface area (Å²) in [6, 6.07) is 9.50. The van der Waals surface area contributed by atoms with Crippen molar-refractivity contribution in [3.8, 4) is 17.2 Å². The molecule has 0 radical (unpaired) electrons. The SMILES string of the molecule is C=CCc1c(OCCCCCOc2cccc(OCCCC)c2CCC(=O)O)ccc2c1CCCC2=O. The van der Waals surface area contributed by atoms with Crippen molar-refractivity contribution in [2.75, 3.05) is 19.8 Å². The Hall–Kier alpha value is -3.28. The predicted octanol–water partition coefficient (Wildman–Crippen LogP) is 6.76. The van der Waals surface area contributed by atoms with Gasteiger partial charge in [-0.2, -0.15) is 0 Å². The summed E-state index contributed by atoms with van der Waals surface area (Å²) in [6.07, 6.45) is 10.1. The van der Waals surface area contributed by atoms with E-state index in [1.807, 2.05) is 36.4 Å². The third kappa shape index (κ3) is 8.38. The summed E-state index contributed by atoms with van der Waals surface area (Å²) < 4.78 is 18.1. The Morgan fingerprint density at radius 1 is 0.919 bits per heavy atom. The number of carboxylic acids is 1. The highest BCUT2D eigenvalue weighted by molar-refractivity contribution is 5.99. The number of benzene rings is 2. The summed E-state index contributed by atoms with van der Waals surface area (Å²) in [5, 5.41) is 9.15. The van der Waals surface area contributed by atoms with Gasteiger partial charge in [0.15, 0.2) is 5.78 Å². The number of unbranched alkanes of at least 4 members (excludes halogenated alkanes) is 3. The van der Waals surface area contributed by atoms with Gasteiger partial charge in [-0.25, -0.2) is 0 Å². The van der Waals surface area contributed by atoms with Crippen LogP contribution in [0.25, 0.3) is 0 Å². The minimum absolute atomic E-state index is 0.0343. The molecule has 0 amide bonds. The Morgan fingerprint density at radius 2 is 1.57 bits per heavy atom. The maximum absolute atomic E-state index is 12.3. The van der Waals surface area contributed by atoms with Gasteiger partial charge >= 0.3 is 5.97 Å². The Bertz CT molecular complexity index is 1060. The highest BCUT2D eigenvalue weighted by Gasteiger charge is 2.22. The van der Waals surface area contributed by atoms with Crippen LogP contribution < -0.4 is 14.2 Å². The van der Waals surface area contributed by atoms with Crippen molar-refractivity contribution < 1.29 is 28.9 Å². The molecule has 0 aromatic heterocycles. The highest BCUT2D eigenvalue weighted by Crippen LogP contribution is 2.33. The molecule has 2 aromatic rings. The number of aliphatic carboxylic acids is 1. The van der Waals surface area contributed by atoms with E-state index in [0.717, 1.165) is 72.9 Å². The minimum atomic E-state index is -0.837. The molecular formula is C31H40O6. The summed E-state index contributed by atoms with van der Waals surface area (Å²) in [7, 11) is 0. The second kappa shape index (κ2) is 15.1. The van der Waals surface area contributed by atoms with E-state index in [2.05, 4.69) is 13.5 Å². The van der Waals surface area contributed by atoms with E-state index in [4.69, 9.17) is 19.3 Å². The van der Waals surface area contributed by atoms with Crippen LogP contribution in [0.15, 0.2) is 43.0 Å². The molecule has 6 nitrogen and oxygen atoms in total. The van der Waals surface area contributed by atoms with Gasteiger partial charge in [0.25, 0.3) is 0 Å². The summed E-state index contributed by atoms with van der Waals surface area (Å²) in [5.41, 5.74) is 3.89. The summed E-state index contributed by atoms with van der Waals surface area (Å²) in [5.74, 6) is 1.65. The van der Waals surface area contributed by atoms with Gasteiger partial charge in [0.05, 0.1) is 19.8 Å². The maximum Gasteiger partial charge on any atom is 0.303 e. The van der Waals surface area contributed by atoms with E-state index < -0.39 is 5.97 Å². The van der Waals surface area contributed by atoms with Crippen LogP contribution in [0, 0.1) is 0 Å². The number of fused-ring (bicyclic) bond motifs is 1. The highest BCUT2D eigenvalue weighted by atomic mass is 16.5. The van der Waals surface area contributed by atoms with Crippen molar-refractivity contribution in [2.24, 2.45) is 0 Å². The average Bonchev–Trinajstić information content (AvgIpc) is 2.89. The first kappa shape index (κ1) is 28.3. The fraction of sp³-hybridized carbons (Fsp3) is 0.484. The predicted molar refractivity (Wildman–Crippen MR) is 145 cm³/mol. The van der Waals surface area contributed by atoms with E-state index in [9.17, 15) is 9.59 Å². The lowest BCUT2D eigenvalue weighted by molar-refractivity contribution is -0.136. The van der Waals surface area contributed by atoms with Crippen LogP contribution in [0.1, 0.15) is 85.3 Å². The van der Waals surface area contributed by atoms with Crippen LogP contribution in [-0.2, 0) is 24.1 Å². The van der Waals surface area contributed by atoms with Crippen molar-refractivity contribution in [2.45, 2.75) is 77.6 Å². The molecule has 1 N–H and O–H groups in total. The van der Waals surface area contributed by atoms with Gasteiger partial charge in [-0.1, -0.05) is 25.5 Å². The van der Waals surface area contributed by atoms with Crippen molar-refractivity contribution in [3.63, 3.8) is 0 Å². The Balaban J connectivity index is 1.49. The van der Waals surface area contributed by atoms with E-state index in [0.29, 0.717) is 50.6 Å². The number of ether oxygens (including phenoxy) is 3. The number of hydrogen-bond donors (Lipinski definition) is 1. The van der Waals surface area contributed by atoms with Crippen LogP contribution >= 0.6 is 0 Å². The molecule has 1 aliphatic carbocycles. The fourth-order valence-corrected chi connectivity index (χ4v) is 4.65. The summed E-state index contributed by atoms with van der Waals surface area (Å²) in [6.45, 7) is 7.73. The van der Waals surface area contributed by atoms with Crippen LogP contribution in [0.5, 0.6) is 17.2 Å². The minimum Gasteiger partial charge on any atom is -0.493 e. The Kier molecular flexibility index (Phi) is 11.5. The quantitative estimate of drug-likeness (QED) is 0.188. The lowest BCUT2D eigenvalue weighted by Gasteiger charge is -2.21. The first-order valence-corrected chi connectivity index (χ1v) is 13.6. The zero-order valence-electron chi connectivity index (χ0n) is 22.1. The zero-order valence-corrected chi connectivity index (χ0v) is 22.1. The van der Waals surface area contributed by atoms with Gasteiger partial charge in [0.1, 0.15) is 17.2 Å². The lowest BCUT2D eigenvalue weighted by atomic mass is 9.86. The number of hydrogen-bond acceptors (Lipinski definition) is 5. The van der Waals surface area contributed by atoms with Gasteiger partial charge in [0, 0.05) is 29.5 Å². The number of carbonyl (C=O) groups is 2. The first-order chi connectivity index (χ1) is 18.0. The topological polar surface area (TPSA) is 82.1 Å². The van der Waals surface area contributed by atoms with Gasteiger partial charge in [-0.15, -0.1) is 6.58 Å². The first-order valence-electron chi connectivity index (χ1n) is 13.6. The largest absolute Gasteiger partial charge is 0.493 e. The third-order valence-corrected chi connectivity index (χ3v) is 6.61. The number of Topliss-reactive ketones (excluding diaryl/α,β-unsaturated/α-hetero) is 1. The third-order valence-electron chi connectivity index (χ3n) is 6.61. The van der Waals surface area contributed by atoms with Crippen LogP contribution in [0.3, 0.4) is 0 Å². The van der Waals surface area contributed by atoms with Crippen LogP contribution in [0.4, 0.5) is 0 Å². The number of allylic oxidation sites excluding steroid dienone is 1. The smallest absolute Gasteiger partial charge is 0.303 e. The molecule has 1 aliphatic rings. The maximum atomic E-state index is 12.3. The zero-order chi connectivity index (χ0) is 26.5. The fourth-order valence-electron chi connectivity index (χ4n) is 4.65. The molecule has 0 saturated heterocycles. The molecule has 0 atom stereocenters. The van der Waals surface area contributed by atoms with Gasteiger partial charge in [0.2, 0.25) is 0 Å². The summed E-state index contributed by atoms with van der Waals surface area (Å²) >= 11 is 0. The molecule has 0 saturated carbocycles. The second-order valence-electron chi connectivity index (χ2n) is 9.42. The van der Waals surface area contributed by atoms with E-state index in [-0.39, 0.29) is 12.2 Å². The molecule has 6 heteroatoms. The van der Waals surface area contributed by atoms with Gasteiger partial charge in [-0.3, -0.25) is 9.59 Å². The molecule has 200 valence electrons. The molecule has 0 fully saturated rings. The van der Waals surface area contributed by atoms with Crippen molar-refractivity contribution >= 4 is 11.8 Å². The second-order valence-corrected chi connectivity index (χ2v) is 9.42. The average molecular weight is 509 g/mol. The number of rotatable bonds is 17. The van der Waals surface area contributed by atoms with Gasteiger partial charge < -0.3 is 19.3 Å². The molecule has 0 spiro atoms. The molecule has 2 aromatic carbocycles. The standard InChI is InChI=1S/C31H40O6/c1-3-5-20-35-28-14-10-15-29(26(28)17-19-31(33)34)36-21-7-6-8-22-37-30-18-16-24-23(25(30)11-4-2)12-9-13-27(24)32/h4,10,14-16,18H,2-3,5-9,11-13,17,19-22H2,1H3,(H,33,34). The van der Waals surface area contributed by atoms with Gasteiger partial charge in [-0.05, 0) is 81.2 Å². The molecule has 0 heterocycles. The van der Waals surface area contributed by atoms with Crippen LogP contribution in [0.2, 0.25) is 0 Å². The monoisotopic (exact) mass is 508 g/mol. The normalized spacial score (nSPS) is 12.6. The van der Waals surface area contributed by atoms with E-state index in [1.165, 1.54) is 0 Å². The Labute approximate surface area is 220 Å². The van der Waals surface area contributed by atoms with Crippen molar-refractivity contribution in [3.05, 3.63) is 65.2 Å². The molecule has 3 rings (SSSR count). The lowest BCUT2D eigenvalue weighted by Crippen LogP contribution is -2.14. The van der Waals surface area contributed by atoms with Crippen molar-refractivity contribution in [1.29, 1.82) is 0 Å². The molecule has 0 bridgehead atoms. The summed E-state index contributed by atoms with van der Waals surface area (Å²) in [4.78, 5) is 23.4. The molecule has 0 unspecified atom stereocenters. The van der Waals surface area contributed by atoms with E-state index >= 15 is 0 Å². The number of carbonyl (C=O) groups excluding carboxylic acids is 1. The van der Waals surface area contributed by atoms with Crippen LogP contribution in [-0.4, -0.2) is 36.7 Å². The molecular weight excluding hydrogens is 468 g/mol. The Morgan fingerprint density at radius 3 is 2.19 bits per heavy atom. The number of carboxylic acid groups (broad SMARTS) is 1. The number of ketones is 1. The van der Waals surface area contributed by atoms with Crippen molar-refractivity contribution in [1.82, 2.24) is 0 Å². The molecule has 37 heavy (non-hydrogen) atoms.